The van der Waals surface area contributed by atoms with Crippen LogP contribution >= 0.6 is 0 Å². The first-order valence-corrected chi connectivity index (χ1v) is 5.41. The van der Waals surface area contributed by atoms with Gasteiger partial charge in [-0.2, -0.15) is 0 Å². The first-order chi connectivity index (χ1) is 8.33. The average molecular weight is 221 g/mol. The van der Waals surface area contributed by atoms with Gasteiger partial charge in [0.1, 0.15) is 0 Å². The standard InChI is InChI=1S/C14H11N3/c15-14-16-9-12-7-6-11(8-13(12)17-14)10-4-2-1-3-5-10/h1-9H,(H2,15,16,17). The molecule has 17 heavy (non-hydrogen) atoms. The number of anilines is 1. The maximum atomic E-state index is 5.59. The van der Waals surface area contributed by atoms with E-state index in [0.29, 0.717) is 5.95 Å². The van der Waals surface area contributed by atoms with Gasteiger partial charge in [-0.25, -0.2) is 9.97 Å². The molecule has 0 unspecified atom stereocenters. The topological polar surface area (TPSA) is 51.8 Å². The molecular weight excluding hydrogens is 210 g/mol. The molecule has 3 heteroatoms. The van der Waals surface area contributed by atoms with Gasteiger partial charge < -0.3 is 5.73 Å². The number of nitrogens with zero attached hydrogens (tertiary/aromatic N) is 2. The molecule has 3 aromatic rings. The molecule has 0 amide bonds. The highest BCUT2D eigenvalue weighted by atomic mass is 15.0. The van der Waals surface area contributed by atoms with Crippen LogP contribution in [-0.2, 0) is 0 Å². The monoisotopic (exact) mass is 221 g/mol. The van der Waals surface area contributed by atoms with Crippen molar-refractivity contribution in [2.75, 3.05) is 5.73 Å². The second-order valence-corrected chi connectivity index (χ2v) is 3.87. The minimum atomic E-state index is 0.308. The molecule has 0 atom stereocenters. The SMILES string of the molecule is Nc1ncc2ccc(-c3ccccc3)cc2n1. The predicted octanol–water partition coefficient (Wildman–Crippen LogP) is 2.88. The maximum Gasteiger partial charge on any atom is 0.220 e. The molecule has 0 bridgehead atoms. The molecule has 82 valence electrons. The number of fused-ring (bicyclic) bond motifs is 1. The lowest BCUT2D eigenvalue weighted by Gasteiger charge is -2.03. The minimum absolute atomic E-state index is 0.308. The van der Waals surface area contributed by atoms with Crippen molar-refractivity contribution in [3.63, 3.8) is 0 Å². The second kappa shape index (κ2) is 3.87. The molecule has 1 aromatic heterocycles. The molecule has 0 radical (unpaired) electrons. The van der Waals surface area contributed by atoms with Gasteiger partial charge in [0.05, 0.1) is 5.52 Å². The number of nitrogen functional groups attached to an aromatic ring is 1. The summed E-state index contributed by atoms with van der Waals surface area (Å²) in [5.41, 5.74) is 8.77. The summed E-state index contributed by atoms with van der Waals surface area (Å²) < 4.78 is 0. The van der Waals surface area contributed by atoms with Gasteiger partial charge in [0, 0.05) is 11.6 Å². The number of nitrogens with two attached hydrogens (primary N) is 1. The molecule has 0 saturated carbocycles. The Labute approximate surface area is 98.9 Å². The van der Waals surface area contributed by atoms with Crippen LogP contribution in [0.4, 0.5) is 5.95 Å². The molecule has 0 spiro atoms. The highest BCUT2D eigenvalue weighted by Crippen LogP contribution is 2.23. The quantitative estimate of drug-likeness (QED) is 0.687. The van der Waals surface area contributed by atoms with Crippen LogP contribution in [0.3, 0.4) is 0 Å². The molecule has 1 heterocycles. The zero-order valence-corrected chi connectivity index (χ0v) is 9.17. The molecule has 0 fully saturated rings. The van der Waals surface area contributed by atoms with E-state index in [0.717, 1.165) is 16.5 Å². The normalized spacial score (nSPS) is 10.6. The molecule has 0 aliphatic rings. The van der Waals surface area contributed by atoms with Crippen LogP contribution in [0.5, 0.6) is 0 Å². The third-order valence-corrected chi connectivity index (χ3v) is 2.71. The smallest absolute Gasteiger partial charge is 0.220 e. The van der Waals surface area contributed by atoms with Gasteiger partial charge in [-0.15, -0.1) is 0 Å². The molecule has 3 nitrogen and oxygen atoms in total. The third-order valence-electron chi connectivity index (χ3n) is 2.71. The van der Waals surface area contributed by atoms with Crippen molar-refractivity contribution in [1.29, 1.82) is 0 Å². The fraction of sp³-hybridized carbons (Fsp3) is 0. The lowest BCUT2D eigenvalue weighted by molar-refractivity contribution is 1.24. The van der Waals surface area contributed by atoms with Gasteiger partial charge in [0.15, 0.2) is 0 Å². The first-order valence-electron chi connectivity index (χ1n) is 5.41. The van der Waals surface area contributed by atoms with E-state index >= 15 is 0 Å². The molecule has 0 saturated heterocycles. The Hall–Kier alpha value is -2.42. The van der Waals surface area contributed by atoms with Crippen LogP contribution in [0.15, 0.2) is 54.7 Å². The van der Waals surface area contributed by atoms with Gasteiger partial charge in [0.2, 0.25) is 5.95 Å². The Morgan fingerprint density at radius 1 is 0.882 bits per heavy atom. The lowest BCUT2D eigenvalue weighted by atomic mass is 10.0. The van der Waals surface area contributed by atoms with E-state index in [1.165, 1.54) is 5.56 Å². The number of aromatic nitrogens is 2. The van der Waals surface area contributed by atoms with Crippen molar-refractivity contribution in [3.05, 3.63) is 54.7 Å². The number of hydrogen-bond acceptors (Lipinski definition) is 3. The summed E-state index contributed by atoms with van der Waals surface area (Å²) in [7, 11) is 0. The van der Waals surface area contributed by atoms with E-state index in [1.54, 1.807) is 6.20 Å². The van der Waals surface area contributed by atoms with E-state index in [-0.39, 0.29) is 0 Å². The summed E-state index contributed by atoms with van der Waals surface area (Å²) in [5, 5.41) is 0.999. The van der Waals surface area contributed by atoms with Gasteiger partial charge in [0.25, 0.3) is 0 Å². The largest absolute Gasteiger partial charge is 0.368 e. The fourth-order valence-electron chi connectivity index (χ4n) is 1.85. The van der Waals surface area contributed by atoms with E-state index in [2.05, 4.69) is 28.2 Å². The third kappa shape index (κ3) is 1.83. The molecule has 2 aromatic carbocycles. The zero-order chi connectivity index (χ0) is 11.7. The Morgan fingerprint density at radius 2 is 1.71 bits per heavy atom. The summed E-state index contributed by atoms with van der Waals surface area (Å²) in [6.07, 6.45) is 1.74. The summed E-state index contributed by atoms with van der Waals surface area (Å²) in [6, 6.07) is 16.3. The van der Waals surface area contributed by atoms with Gasteiger partial charge in [-0.05, 0) is 17.2 Å². The Balaban J connectivity index is 2.19. The molecule has 0 aliphatic heterocycles. The van der Waals surface area contributed by atoms with Crippen molar-refractivity contribution >= 4 is 16.9 Å². The van der Waals surface area contributed by atoms with Crippen molar-refractivity contribution in [2.45, 2.75) is 0 Å². The van der Waals surface area contributed by atoms with Crippen LogP contribution < -0.4 is 5.73 Å². The lowest BCUT2D eigenvalue weighted by Crippen LogP contribution is -1.94. The van der Waals surface area contributed by atoms with Crippen molar-refractivity contribution < 1.29 is 0 Å². The number of rotatable bonds is 1. The second-order valence-electron chi connectivity index (χ2n) is 3.87. The van der Waals surface area contributed by atoms with E-state index < -0.39 is 0 Å². The molecule has 0 aliphatic carbocycles. The summed E-state index contributed by atoms with van der Waals surface area (Å²) in [4.78, 5) is 8.20. The van der Waals surface area contributed by atoms with Crippen molar-refractivity contribution in [1.82, 2.24) is 9.97 Å². The predicted molar refractivity (Wildman–Crippen MR) is 69.4 cm³/mol. The zero-order valence-electron chi connectivity index (χ0n) is 9.17. The van der Waals surface area contributed by atoms with Crippen LogP contribution in [0.1, 0.15) is 0 Å². The van der Waals surface area contributed by atoms with Crippen molar-refractivity contribution in [3.8, 4) is 11.1 Å². The molecule has 2 N–H and O–H groups in total. The van der Waals surface area contributed by atoms with Gasteiger partial charge in [-0.3, -0.25) is 0 Å². The summed E-state index contributed by atoms with van der Waals surface area (Å²) >= 11 is 0. The minimum Gasteiger partial charge on any atom is -0.368 e. The highest BCUT2D eigenvalue weighted by molar-refractivity contribution is 5.84. The summed E-state index contributed by atoms with van der Waals surface area (Å²) in [6.45, 7) is 0. The molecule has 3 rings (SSSR count). The molecular formula is C14H11N3. The van der Waals surface area contributed by atoms with Crippen LogP contribution in [0.2, 0.25) is 0 Å². The Morgan fingerprint density at radius 3 is 2.53 bits per heavy atom. The summed E-state index contributed by atoms with van der Waals surface area (Å²) in [5.74, 6) is 0.308. The number of benzene rings is 2. The van der Waals surface area contributed by atoms with E-state index in [9.17, 15) is 0 Å². The van der Waals surface area contributed by atoms with Crippen LogP contribution in [0.25, 0.3) is 22.0 Å². The highest BCUT2D eigenvalue weighted by Gasteiger charge is 2.01. The average Bonchev–Trinajstić information content (AvgIpc) is 2.39. The number of hydrogen-bond donors (Lipinski definition) is 1. The van der Waals surface area contributed by atoms with Gasteiger partial charge >= 0.3 is 0 Å². The Kier molecular flexibility index (Phi) is 2.22. The van der Waals surface area contributed by atoms with E-state index in [4.69, 9.17) is 5.73 Å². The van der Waals surface area contributed by atoms with Gasteiger partial charge in [-0.1, -0.05) is 42.5 Å². The van der Waals surface area contributed by atoms with Crippen molar-refractivity contribution in [2.24, 2.45) is 0 Å². The Bertz CT molecular complexity index is 663. The maximum absolute atomic E-state index is 5.59. The van der Waals surface area contributed by atoms with Crippen LogP contribution in [-0.4, -0.2) is 9.97 Å². The van der Waals surface area contributed by atoms with E-state index in [1.807, 2.05) is 30.3 Å². The first kappa shape index (κ1) is 9.78. The van der Waals surface area contributed by atoms with Crippen LogP contribution in [0, 0.1) is 0 Å². The fourth-order valence-corrected chi connectivity index (χ4v) is 1.85.